The molecule has 0 aliphatic heterocycles. The van der Waals surface area contributed by atoms with Crippen LogP contribution in [0.25, 0.3) is 0 Å². The van der Waals surface area contributed by atoms with E-state index < -0.39 is 0 Å². The molecule has 0 N–H and O–H groups in total. The minimum absolute atomic E-state index is 0.289. The Kier molecular flexibility index (Phi) is 6.11. The second-order valence-corrected chi connectivity index (χ2v) is 3.13. The fourth-order valence-corrected chi connectivity index (χ4v) is 1.08. The minimum atomic E-state index is 0.289. The van der Waals surface area contributed by atoms with Crippen LogP contribution >= 0.6 is 23.8 Å². The van der Waals surface area contributed by atoms with Crippen LogP contribution in [0.5, 0.6) is 0 Å². The summed E-state index contributed by atoms with van der Waals surface area (Å²) in [6, 6.07) is 0. The number of thiocarbonyl (C=S) groups is 1. The molecule has 0 aliphatic carbocycles. The van der Waals surface area contributed by atoms with Gasteiger partial charge in [-0.25, -0.2) is 0 Å². The first-order valence-electron chi connectivity index (χ1n) is 3.86. The number of hydrogen-bond donors (Lipinski definition) is 0. The van der Waals surface area contributed by atoms with E-state index in [4.69, 9.17) is 28.6 Å². The highest BCUT2D eigenvalue weighted by molar-refractivity contribution is 7.80. The molecule has 4 heteroatoms. The third-order valence-electron chi connectivity index (χ3n) is 1.37. The molecule has 0 atom stereocenters. The lowest BCUT2D eigenvalue weighted by atomic mass is 10.6. The average molecular weight is 208 g/mol. The Morgan fingerprint density at radius 3 is 2.33 bits per heavy atom. The molecule has 12 heavy (non-hydrogen) atoms. The summed E-state index contributed by atoms with van der Waals surface area (Å²) in [6.07, 6.45) is 0. The smallest absolute Gasteiger partial charge is 0.259 e. The fraction of sp³-hybridized carbons (Fsp3) is 0.625. The van der Waals surface area contributed by atoms with Crippen LogP contribution in [0, 0.1) is 0 Å². The van der Waals surface area contributed by atoms with Gasteiger partial charge in [0.2, 0.25) is 0 Å². The van der Waals surface area contributed by atoms with Gasteiger partial charge in [0, 0.05) is 18.1 Å². The van der Waals surface area contributed by atoms with Gasteiger partial charge in [-0.2, -0.15) is 0 Å². The van der Waals surface area contributed by atoms with Gasteiger partial charge in [0.1, 0.15) is 6.61 Å². The predicted octanol–water partition coefficient (Wildman–Crippen LogP) is 2.38. The Labute approximate surface area is 84.1 Å². The molecule has 70 valence electrons. The van der Waals surface area contributed by atoms with Gasteiger partial charge in [-0.15, -0.1) is 0 Å². The van der Waals surface area contributed by atoms with Gasteiger partial charge in [0.05, 0.1) is 0 Å². The maximum absolute atomic E-state index is 5.52. The number of rotatable bonds is 4. The highest BCUT2D eigenvalue weighted by Gasteiger charge is 2.05. The fourth-order valence-electron chi connectivity index (χ4n) is 0.713. The van der Waals surface area contributed by atoms with Crippen molar-refractivity contribution in [3.63, 3.8) is 0 Å². The normalized spacial score (nSPS) is 9.25. The van der Waals surface area contributed by atoms with Gasteiger partial charge < -0.3 is 9.64 Å². The molecule has 2 nitrogen and oxygen atoms in total. The van der Waals surface area contributed by atoms with E-state index in [-0.39, 0.29) is 6.61 Å². The van der Waals surface area contributed by atoms with E-state index in [1.165, 1.54) is 0 Å². The topological polar surface area (TPSA) is 12.5 Å². The van der Waals surface area contributed by atoms with Crippen molar-refractivity contribution in [2.45, 2.75) is 13.8 Å². The molecule has 0 rings (SSSR count). The Bertz CT molecular complexity index is 168. The van der Waals surface area contributed by atoms with Crippen molar-refractivity contribution >= 4 is 29.0 Å². The van der Waals surface area contributed by atoms with Crippen LogP contribution in [-0.2, 0) is 4.74 Å². The van der Waals surface area contributed by atoms with Crippen LogP contribution in [0.15, 0.2) is 11.6 Å². The van der Waals surface area contributed by atoms with Gasteiger partial charge in [-0.05, 0) is 26.1 Å². The van der Waals surface area contributed by atoms with Crippen LogP contribution < -0.4 is 0 Å². The van der Waals surface area contributed by atoms with Crippen LogP contribution in [-0.4, -0.2) is 29.8 Å². The summed E-state index contributed by atoms with van der Waals surface area (Å²) in [5.41, 5.74) is 0. The predicted molar refractivity (Wildman–Crippen MR) is 56.5 cm³/mol. The number of halogens is 1. The zero-order valence-corrected chi connectivity index (χ0v) is 9.04. The Hall–Kier alpha value is -0.280. The molecule has 0 aromatic heterocycles. The van der Waals surface area contributed by atoms with Gasteiger partial charge in [-0.3, -0.25) is 0 Å². The first-order valence-corrected chi connectivity index (χ1v) is 4.65. The molecule has 0 unspecified atom stereocenters. The number of ether oxygens (including phenoxy) is 1. The standard InChI is InChI=1S/C8H14ClNOS/c1-4-10(5-2)8(12)11-6-7(3)9/h3-6H2,1-2H3. The lowest BCUT2D eigenvalue weighted by Gasteiger charge is -2.20. The molecule has 0 spiro atoms. The molecule has 0 amide bonds. The summed E-state index contributed by atoms with van der Waals surface area (Å²) >= 11 is 10.5. The molecule has 0 aromatic carbocycles. The molecule has 0 saturated carbocycles. The van der Waals surface area contributed by atoms with Crippen molar-refractivity contribution in [2.75, 3.05) is 19.7 Å². The zero-order chi connectivity index (χ0) is 9.56. The van der Waals surface area contributed by atoms with Crippen LogP contribution in [0.1, 0.15) is 13.8 Å². The Balaban J connectivity index is 3.77. The molecule has 0 aliphatic rings. The summed E-state index contributed by atoms with van der Waals surface area (Å²) in [5.74, 6) is 0. The Morgan fingerprint density at radius 2 is 2.00 bits per heavy atom. The summed E-state index contributed by atoms with van der Waals surface area (Å²) in [6.45, 7) is 9.54. The van der Waals surface area contributed by atoms with Crippen LogP contribution in [0.4, 0.5) is 0 Å². The van der Waals surface area contributed by atoms with E-state index in [0.717, 1.165) is 13.1 Å². The van der Waals surface area contributed by atoms with Gasteiger partial charge >= 0.3 is 0 Å². The summed E-state index contributed by atoms with van der Waals surface area (Å²) in [7, 11) is 0. The second kappa shape index (κ2) is 6.26. The maximum Gasteiger partial charge on any atom is 0.259 e. The largest absolute Gasteiger partial charge is 0.465 e. The SMILES string of the molecule is C=C(Cl)COC(=S)N(CC)CC. The van der Waals surface area contributed by atoms with Gasteiger partial charge in [0.25, 0.3) is 5.17 Å². The van der Waals surface area contributed by atoms with E-state index in [0.29, 0.717) is 10.2 Å². The maximum atomic E-state index is 5.52. The zero-order valence-electron chi connectivity index (χ0n) is 7.47. The van der Waals surface area contributed by atoms with Crippen molar-refractivity contribution < 1.29 is 4.74 Å². The monoisotopic (exact) mass is 207 g/mol. The van der Waals surface area contributed by atoms with Crippen molar-refractivity contribution in [1.82, 2.24) is 4.90 Å². The molecule has 0 radical (unpaired) electrons. The molecule has 0 aromatic rings. The lowest BCUT2D eigenvalue weighted by Crippen LogP contribution is -2.31. The highest BCUT2D eigenvalue weighted by Crippen LogP contribution is 2.00. The van der Waals surface area contributed by atoms with Crippen molar-refractivity contribution in [3.8, 4) is 0 Å². The highest BCUT2D eigenvalue weighted by atomic mass is 35.5. The summed E-state index contributed by atoms with van der Waals surface area (Å²) < 4.78 is 5.17. The molecular weight excluding hydrogens is 194 g/mol. The van der Waals surface area contributed by atoms with Gasteiger partial charge in [-0.1, -0.05) is 18.2 Å². The number of nitrogens with zero attached hydrogens (tertiary/aromatic N) is 1. The van der Waals surface area contributed by atoms with E-state index in [1.807, 2.05) is 18.7 Å². The quantitative estimate of drug-likeness (QED) is 0.657. The van der Waals surface area contributed by atoms with E-state index in [9.17, 15) is 0 Å². The molecule has 0 heterocycles. The van der Waals surface area contributed by atoms with Crippen molar-refractivity contribution in [3.05, 3.63) is 11.6 Å². The molecule has 0 fully saturated rings. The van der Waals surface area contributed by atoms with E-state index >= 15 is 0 Å². The van der Waals surface area contributed by atoms with Crippen molar-refractivity contribution in [1.29, 1.82) is 0 Å². The third-order valence-corrected chi connectivity index (χ3v) is 1.86. The summed E-state index contributed by atoms with van der Waals surface area (Å²) in [4.78, 5) is 1.94. The average Bonchev–Trinajstić information content (AvgIpc) is 2.03. The lowest BCUT2D eigenvalue weighted by molar-refractivity contribution is 0.276. The second-order valence-electron chi connectivity index (χ2n) is 2.24. The minimum Gasteiger partial charge on any atom is -0.465 e. The van der Waals surface area contributed by atoms with Crippen LogP contribution in [0.2, 0.25) is 0 Å². The summed E-state index contributed by atoms with van der Waals surface area (Å²) in [5, 5.41) is 0.950. The molecular formula is C8H14ClNOS. The van der Waals surface area contributed by atoms with Crippen LogP contribution in [0.3, 0.4) is 0 Å². The molecule has 0 saturated heterocycles. The number of hydrogen-bond acceptors (Lipinski definition) is 2. The first-order chi connectivity index (χ1) is 5.61. The van der Waals surface area contributed by atoms with E-state index in [2.05, 4.69) is 6.58 Å². The molecule has 0 bridgehead atoms. The Morgan fingerprint density at radius 1 is 1.50 bits per heavy atom. The van der Waals surface area contributed by atoms with Crippen molar-refractivity contribution in [2.24, 2.45) is 0 Å². The first kappa shape index (κ1) is 11.7. The van der Waals surface area contributed by atoms with Gasteiger partial charge in [0.15, 0.2) is 0 Å². The third kappa shape index (κ3) is 4.57. The van der Waals surface area contributed by atoms with E-state index in [1.54, 1.807) is 0 Å².